The largest absolute Gasteiger partial charge is 0.281 e. The molecule has 0 aromatic rings. The van der Waals surface area contributed by atoms with Crippen molar-refractivity contribution in [1.82, 2.24) is 0 Å². The molecule has 0 saturated carbocycles. The summed E-state index contributed by atoms with van der Waals surface area (Å²) < 4.78 is 7.10. The molecule has 38 valence electrons. The van der Waals surface area contributed by atoms with Crippen molar-refractivity contribution in [2.24, 2.45) is 4.99 Å². The van der Waals surface area contributed by atoms with Crippen molar-refractivity contribution < 1.29 is 0 Å². The second-order valence-electron chi connectivity index (χ2n) is 1.22. The van der Waals surface area contributed by atoms with Crippen LogP contribution in [-0.2, 0) is 10.7 Å². The molecule has 0 aromatic heterocycles. The van der Waals surface area contributed by atoms with Crippen molar-refractivity contribution >= 4 is 16.9 Å². The number of hydrogen-bond donors (Lipinski definition) is 1. The number of nitrogens with zero attached hydrogens (tertiary/aromatic N) is 1. The number of nitrogens with one attached hydrogen (secondary N) is 1. The Morgan fingerprint density at radius 3 is 2.86 bits per heavy atom. The Morgan fingerprint density at radius 1 is 1.71 bits per heavy atom. The standard InChI is InChI=1S/C4H6N2S/c5-7-3-1-2-6-4-7/h1-3,5H,4H2. The van der Waals surface area contributed by atoms with Gasteiger partial charge in [-0.2, -0.15) is 0 Å². The van der Waals surface area contributed by atoms with Crippen molar-refractivity contribution in [3.8, 4) is 0 Å². The fourth-order valence-electron chi connectivity index (χ4n) is 0.357. The molecule has 3 heteroatoms. The molecule has 7 heavy (non-hydrogen) atoms. The first-order chi connectivity index (χ1) is 3.39. The molecule has 1 aliphatic rings. The highest BCUT2D eigenvalue weighted by Gasteiger charge is 1.85. The number of hydrogen-bond acceptors (Lipinski definition) is 2. The summed E-state index contributed by atoms with van der Waals surface area (Å²) in [6.07, 6.45) is 3.55. The Labute approximate surface area is 44.9 Å². The van der Waals surface area contributed by atoms with Gasteiger partial charge < -0.3 is 0 Å². The lowest BCUT2D eigenvalue weighted by Gasteiger charge is -1.94. The molecule has 0 bridgehead atoms. The predicted molar refractivity (Wildman–Crippen MR) is 32.6 cm³/mol. The molecular formula is C4H6N2S. The molecule has 2 nitrogen and oxygen atoms in total. The van der Waals surface area contributed by atoms with E-state index >= 15 is 0 Å². The van der Waals surface area contributed by atoms with E-state index in [1.807, 2.05) is 11.5 Å². The minimum Gasteiger partial charge on any atom is -0.281 e. The summed E-state index contributed by atoms with van der Waals surface area (Å²) in [7, 11) is -0.319. The fraction of sp³-hybridized carbons (Fsp3) is 0.250. The van der Waals surface area contributed by atoms with Crippen LogP contribution in [0.15, 0.2) is 16.5 Å². The first-order valence-corrected chi connectivity index (χ1v) is 3.43. The average Bonchev–Trinajstić information content (AvgIpc) is 1.69. The molecule has 0 amide bonds. The van der Waals surface area contributed by atoms with Crippen molar-refractivity contribution in [2.75, 3.05) is 5.88 Å². The molecular weight excluding hydrogens is 108 g/mol. The van der Waals surface area contributed by atoms with Gasteiger partial charge in [-0.15, -0.1) is 0 Å². The SMILES string of the molecule is N=S1C=CC=NC1. The molecule has 1 rings (SSSR count). The van der Waals surface area contributed by atoms with Gasteiger partial charge in [-0.05, 0) is 11.5 Å². The van der Waals surface area contributed by atoms with Gasteiger partial charge >= 0.3 is 0 Å². The molecule has 1 heterocycles. The molecule has 0 aromatic carbocycles. The van der Waals surface area contributed by atoms with E-state index < -0.39 is 0 Å². The second-order valence-corrected chi connectivity index (χ2v) is 2.61. The first kappa shape index (κ1) is 4.71. The summed E-state index contributed by atoms with van der Waals surface area (Å²) in [5.41, 5.74) is 0. The summed E-state index contributed by atoms with van der Waals surface area (Å²) in [5.74, 6) is 0.663. The van der Waals surface area contributed by atoms with Gasteiger partial charge in [-0.3, -0.25) is 9.77 Å². The van der Waals surface area contributed by atoms with Crippen LogP contribution < -0.4 is 0 Å². The number of aliphatic imine (C=N–C) groups is 1. The van der Waals surface area contributed by atoms with E-state index in [1.165, 1.54) is 0 Å². The van der Waals surface area contributed by atoms with Gasteiger partial charge in [0.2, 0.25) is 0 Å². The predicted octanol–water partition coefficient (Wildman–Crippen LogP) is 0.923. The molecule has 1 atom stereocenters. The van der Waals surface area contributed by atoms with Gasteiger partial charge in [0.15, 0.2) is 0 Å². The summed E-state index contributed by atoms with van der Waals surface area (Å²) in [5, 5.41) is 1.85. The van der Waals surface area contributed by atoms with Crippen LogP contribution in [0.25, 0.3) is 0 Å². The zero-order valence-corrected chi connectivity index (χ0v) is 4.61. The maximum Gasteiger partial charge on any atom is 0.0986 e. The molecule has 0 fully saturated rings. The Kier molecular flexibility index (Phi) is 1.36. The average molecular weight is 114 g/mol. The van der Waals surface area contributed by atoms with Gasteiger partial charge in [0.25, 0.3) is 0 Å². The third-order valence-corrected chi connectivity index (χ3v) is 1.56. The van der Waals surface area contributed by atoms with Crippen molar-refractivity contribution in [1.29, 1.82) is 4.78 Å². The van der Waals surface area contributed by atoms with Crippen LogP contribution >= 0.6 is 0 Å². The summed E-state index contributed by atoms with van der Waals surface area (Å²) in [6, 6.07) is 0. The third kappa shape index (κ3) is 1.23. The maximum absolute atomic E-state index is 7.10. The Bertz CT molecular complexity index is 137. The number of rotatable bonds is 0. The summed E-state index contributed by atoms with van der Waals surface area (Å²) in [6.45, 7) is 0. The van der Waals surface area contributed by atoms with E-state index in [0.717, 1.165) is 0 Å². The third-order valence-electron chi connectivity index (χ3n) is 0.648. The van der Waals surface area contributed by atoms with Crippen molar-refractivity contribution in [2.45, 2.75) is 0 Å². The molecule has 0 spiro atoms. The maximum atomic E-state index is 7.10. The van der Waals surface area contributed by atoms with Gasteiger partial charge in [-0.1, -0.05) is 10.7 Å². The number of allylic oxidation sites excluding steroid dienone is 1. The lowest BCUT2D eigenvalue weighted by atomic mass is 10.7. The van der Waals surface area contributed by atoms with Crippen molar-refractivity contribution in [3.05, 3.63) is 11.5 Å². The van der Waals surface area contributed by atoms with E-state index in [9.17, 15) is 0 Å². The molecule has 0 aliphatic carbocycles. The van der Waals surface area contributed by atoms with E-state index in [0.29, 0.717) is 5.88 Å². The zero-order chi connectivity index (χ0) is 5.11. The van der Waals surface area contributed by atoms with Crippen LogP contribution in [0.4, 0.5) is 0 Å². The summed E-state index contributed by atoms with van der Waals surface area (Å²) >= 11 is 0. The van der Waals surface area contributed by atoms with E-state index in [-0.39, 0.29) is 10.7 Å². The van der Waals surface area contributed by atoms with Gasteiger partial charge in [-0.25, -0.2) is 0 Å². The minimum atomic E-state index is -0.319. The lowest BCUT2D eigenvalue weighted by Crippen LogP contribution is -1.91. The normalized spacial score (nSPS) is 28.3. The topological polar surface area (TPSA) is 36.2 Å². The Hall–Kier alpha value is -0.440. The molecule has 1 unspecified atom stereocenters. The Morgan fingerprint density at radius 2 is 2.57 bits per heavy atom. The Balaban J connectivity index is 2.66. The zero-order valence-electron chi connectivity index (χ0n) is 3.79. The minimum absolute atomic E-state index is 0.319. The van der Waals surface area contributed by atoms with Crippen LogP contribution in [0.1, 0.15) is 0 Å². The van der Waals surface area contributed by atoms with E-state index in [4.69, 9.17) is 4.78 Å². The van der Waals surface area contributed by atoms with Gasteiger partial charge in [0.1, 0.15) is 0 Å². The van der Waals surface area contributed by atoms with Gasteiger partial charge in [0, 0.05) is 6.21 Å². The van der Waals surface area contributed by atoms with Gasteiger partial charge in [0.05, 0.1) is 5.88 Å². The van der Waals surface area contributed by atoms with E-state index in [2.05, 4.69) is 4.99 Å². The quantitative estimate of drug-likeness (QED) is 0.486. The monoisotopic (exact) mass is 114 g/mol. The first-order valence-electron chi connectivity index (χ1n) is 1.97. The van der Waals surface area contributed by atoms with Crippen LogP contribution in [0.2, 0.25) is 0 Å². The second kappa shape index (κ2) is 2.02. The van der Waals surface area contributed by atoms with Crippen LogP contribution in [0.5, 0.6) is 0 Å². The smallest absolute Gasteiger partial charge is 0.0986 e. The molecule has 0 saturated heterocycles. The fourth-order valence-corrected chi connectivity index (χ4v) is 0.950. The van der Waals surface area contributed by atoms with Crippen LogP contribution in [-0.4, -0.2) is 12.1 Å². The lowest BCUT2D eigenvalue weighted by molar-refractivity contribution is 1.37. The van der Waals surface area contributed by atoms with Crippen LogP contribution in [0, 0.1) is 4.78 Å². The summed E-state index contributed by atoms with van der Waals surface area (Å²) in [4.78, 5) is 3.87. The molecule has 1 aliphatic heterocycles. The van der Waals surface area contributed by atoms with Crippen LogP contribution in [0.3, 0.4) is 0 Å². The highest BCUT2D eigenvalue weighted by atomic mass is 32.2. The highest BCUT2D eigenvalue weighted by Crippen LogP contribution is 1.90. The van der Waals surface area contributed by atoms with E-state index in [1.54, 1.807) is 6.21 Å². The molecule has 1 N–H and O–H groups in total. The molecule has 0 radical (unpaired) electrons. The van der Waals surface area contributed by atoms with Crippen molar-refractivity contribution in [3.63, 3.8) is 0 Å². The highest BCUT2D eigenvalue weighted by molar-refractivity contribution is 7.89.